The molecule has 0 spiro atoms. The molecular formula is C20H26N4O3S. The van der Waals surface area contributed by atoms with E-state index in [-0.39, 0.29) is 23.5 Å². The van der Waals surface area contributed by atoms with E-state index in [0.29, 0.717) is 18.7 Å². The third-order valence-electron chi connectivity index (χ3n) is 4.82. The molecule has 0 unspecified atom stereocenters. The van der Waals surface area contributed by atoms with Crippen molar-refractivity contribution in [3.05, 3.63) is 59.9 Å². The second-order valence-corrected chi connectivity index (χ2v) is 8.78. The molecule has 0 aliphatic carbocycles. The molecule has 3 rings (SSSR count). The van der Waals surface area contributed by atoms with Gasteiger partial charge in [0.2, 0.25) is 10.0 Å². The van der Waals surface area contributed by atoms with E-state index in [1.807, 2.05) is 25.1 Å². The highest BCUT2D eigenvalue weighted by Crippen LogP contribution is 2.23. The van der Waals surface area contributed by atoms with E-state index in [4.69, 9.17) is 0 Å². The molecule has 1 aliphatic rings. The third-order valence-corrected chi connectivity index (χ3v) is 6.82. The minimum atomic E-state index is -3.55. The van der Waals surface area contributed by atoms with Crippen molar-refractivity contribution in [2.24, 2.45) is 0 Å². The summed E-state index contributed by atoms with van der Waals surface area (Å²) in [6.07, 6.45) is 4.50. The average molecular weight is 403 g/mol. The van der Waals surface area contributed by atoms with E-state index in [0.717, 1.165) is 25.0 Å². The molecule has 1 aliphatic heterocycles. The van der Waals surface area contributed by atoms with Gasteiger partial charge in [0.05, 0.1) is 16.6 Å². The highest BCUT2D eigenvalue weighted by atomic mass is 32.2. The summed E-state index contributed by atoms with van der Waals surface area (Å²) in [5.41, 5.74) is 1.33. The van der Waals surface area contributed by atoms with Crippen LogP contribution in [0.1, 0.15) is 43.5 Å². The maximum Gasteiger partial charge on any atom is 0.315 e. The lowest BCUT2D eigenvalue weighted by atomic mass is 10.2. The molecule has 0 bridgehead atoms. The number of hydrogen-bond donors (Lipinski definition) is 2. The van der Waals surface area contributed by atoms with Crippen LogP contribution in [0.15, 0.2) is 53.6 Å². The smallest absolute Gasteiger partial charge is 0.315 e. The van der Waals surface area contributed by atoms with Crippen LogP contribution in [0.25, 0.3) is 0 Å². The van der Waals surface area contributed by atoms with Gasteiger partial charge in [-0.15, -0.1) is 0 Å². The highest BCUT2D eigenvalue weighted by Gasteiger charge is 2.27. The predicted molar refractivity (Wildman–Crippen MR) is 107 cm³/mol. The number of pyridine rings is 1. The number of urea groups is 1. The van der Waals surface area contributed by atoms with Crippen LogP contribution in [0.4, 0.5) is 4.79 Å². The van der Waals surface area contributed by atoms with Crippen molar-refractivity contribution in [2.45, 2.75) is 43.7 Å². The number of hydrogen-bond acceptors (Lipinski definition) is 4. The van der Waals surface area contributed by atoms with Crippen LogP contribution >= 0.6 is 0 Å². The molecule has 1 aromatic carbocycles. The number of amides is 2. The van der Waals surface area contributed by atoms with Gasteiger partial charge in [-0.3, -0.25) is 4.98 Å². The second kappa shape index (κ2) is 9.16. The first-order valence-electron chi connectivity index (χ1n) is 9.52. The van der Waals surface area contributed by atoms with Crippen LogP contribution in [-0.2, 0) is 16.6 Å². The summed E-state index contributed by atoms with van der Waals surface area (Å²) in [4.78, 5) is 16.7. The SMILES string of the molecule is C[C@H](NC(=O)NCc1ccccc1S(=O)(=O)N1CCCCC1)c1ccccn1. The van der Waals surface area contributed by atoms with E-state index in [2.05, 4.69) is 15.6 Å². The maximum atomic E-state index is 13.0. The summed E-state index contributed by atoms with van der Waals surface area (Å²) in [5, 5.41) is 5.57. The Kier molecular flexibility index (Phi) is 6.64. The Morgan fingerprint density at radius 1 is 1.11 bits per heavy atom. The van der Waals surface area contributed by atoms with Crippen molar-refractivity contribution >= 4 is 16.1 Å². The molecule has 150 valence electrons. The largest absolute Gasteiger partial charge is 0.334 e. The number of nitrogens with one attached hydrogen (secondary N) is 2. The van der Waals surface area contributed by atoms with E-state index < -0.39 is 10.0 Å². The minimum absolute atomic E-state index is 0.129. The Hall–Kier alpha value is -2.45. The number of piperidine rings is 1. The molecule has 2 N–H and O–H groups in total. The predicted octanol–water partition coefficient (Wildman–Crippen LogP) is 2.82. The first kappa shape index (κ1) is 20.3. The number of sulfonamides is 1. The summed E-state index contributed by atoms with van der Waals surface area (Å²) in [6.45, 7) is 3.07. The molecule has 0 saturated carbocycles. The standard InChI is InChI=1S/C20H26N4O3S/c1-16(18-10-5-6-12-21-18)23-20(25)22-15-17-9-3-4-11-19(17)28(26,27)24-13-7-2-8-14-24/h3-6,9-12,16H,2,7-8,13-15H2,1H3,(H2,22,23,25)/t16-/m0/s1. The fraction of sp³-hybridized carbons (Fsp3) is 0.400. The third kappa shape index (κ3) is 4.88. The number of nitrogens with zero attached hydrogens (tertiary/aromatic N) is 2. The molecule has 0 radical (unpaired) electrons. The van der Waals surface area contributed by atoms with Gasteiger partial charge in [0, 0.05) is 25.8 Å². The van der Waals surface area contributed by atoms with Gasteiger partial charge >= 0.3 is 6.03 Å². The highest BCUT2D eigenvalue weighted by molar-refractivity contribution is 7.89. The Labute approximate surface area is 166 Å². The summed E-state index contributed by atoms with van der Waals surface area (Å²) >= 11 is 0. The van der Waals surface area contributed by atoms with Gasteiger partial charge in [-0.1, -0.05) is 30.7 Å². The summed E-state index contributed by atoms with van der Waals surface area (Å²) in [5.74, 6) is 0. The molecule has 8 heteroatoms. The number of carbonyl (C=O) groups is 1. The topological polar surface area (TPSA) is 91.4 Å². The fourth-order valence-corrected chi connectivity index (χ4v) is 5.01. The normalized spacial score (nSPS) is 16.3. The number of rotatable bonds is 6. The number of benzene rings is 1. The number of aromatic nitrogens is 1. The van der Waals surface area contributed by atoms with E-state index in [9.17, 15) is 13.2 Å². The van der Waals surface area contributed by atoms with Crippen LogP contribution in [0.5, 0.6) is 0 Å². The quantitative estimate of drug-likeness (QED) is 0.777. The lowest BCUT2D eigenvalue weighted by Gasteiger charge is -2.27. The minimum Gasteiger partial charge on any atom is -0.334 e. The second-order valence-electron chi connectivity index (χ2n) is 6.88. The van der Waals surface area contributed by atoms with E-state index in [1.54, 1.807) is 34.8 Å². The van der Waals surface area contributed by atoms with Gasteiger partial charge in [-0.05, 0) is 43.5 Å². The van der Waals surface area contributed by atoms with Gasteiger partial charge in [0.1, 0.15) is 0 Å². The summed E-state index contributed by atoms with van der Waals surface area (Å²) in [6, 6.07) is 11.7. The fourth-order valence-electron chi connectivity index (χ4n) is 3.28. The van der Waals surface area contributed by atoms with Gasteiger partial charge in [-0.2, -0.15) is 4.31 Å². The van der Waals surface area contributed by atoms with Crippen LogP contribution in [-0.4, -0.2) is 36.8 Å². The zero-order valence-corrected chi connectivity index (χ0v) is 16.8. The van der Waals surface area contributed by atoms with Gasteiger partial charge in [0.25, 0.3) is 0 Å². The molecule has 7 nitrogen and oxygen atoms in total. The zero-order chi connectivity index (χ0) is 20.0. The molecule has 1 aromatic heterocycles. The molecule has 2 aromatic rings. The van der Waals surface area contributed by atoms with E-state index >= 15 is 0 Å². The molecule has 2 heterocycles. The van der Waals surface area contributed by atoms with Gasteiger partial charge in [0.15, 0.2) is 0 Å². The monoisotopic (exact) mass is 402 g/mol. The first-order valence-corrected chi connectivity index (χ1v) is 11.0. The molecule has 1 atom stereocenters. The molecule has 1 fully saturated rings. The van der Waals surface area contributed by atoms with Crippen molar-refractivity contribution in [2.75, 3.05) is 13.1 Å². The van der Waals surface area contributed by atoms with Crippen LogP contribution in [0.3, 0.4) is 0 Å². The molecular weight excluding hydrogens is 376 g/mol. The first-order chi connectivity index (χ1) is 13.5. The van der Waals surface area contributed by atoms with Crippen molar-refractivity contribution in [3.63, 3.8) is 0 Å². The molecule has 2 amide bonds. The summed E-state index contributed by atoms with van der Waals surface area (Å²) in [7, 11) is -3.55. The van der Waals surface area contributed by atoms with Crippen molar-refractivity contribution < 1.29 is 13.2 Å². The lowest BCUT2D eigenvalue weighted by molar-refractivity contribution is 0.237. The summed E-state index contributed by atoms with van der Waals surface area (Å²) < 4.78 is 27.5. The Bertz CT molecular complexity index is 897. The van der Waals surface area contributed by atoms with Crippen LogP contribution in [0, 0.1) is 0 Å². The maximum absolute atomic E-state index is 13.0. The zero-order valence-electron chi connectivity index (χ0n) is 16.0. The van der Waals surface area contributed by atoms with E-state index in [1.165, 1.54) is 0 Å². The van der Waals surface area contributed by atoms with Gasteiger partial charge < -0.3 is 10.6 Å². The van der Waals surface area contributed by atoms with Crippen molar-refractivity contribution in [1.29, 1.82) is 0 Å². The average Bonchev–Trinajstić information content (AvgIpc) is 2.73. The molecule has 1 saturated heterocycles. The van der Waals surface area contributed by atoms with Crippen LogP contribution < -0.4 is 10.6 Å². The lowest BCUT2D eigenvalue weighted by Crippen LogP contribution is -2.38. The van der Waals surface area contributed by atoms with Crippen LogP contribution in [0.2, 0.25) is 0 Å². The Morgan fingerprint density at radius 2 is 1.82 bits per heavy atom. The number of carbonyl (C=O) groups excluding carboxylic acids is 1. The van der Waals surface area contributed by atoms with Crippen molar-refractivity contribution in [3.8, 4) is 0 Å². The molecule has 28 heavy (non-hydrogen) atoms. The Morgan fingerprint density at radius 3 is 2.54 bits per heavy atom. The van der Waals surface area contributed by atoms with Gasteiger partial charge in [-0.25, -0.2) is 13.2 Å². The Balaban J connectivity index is 1.66. The van der Waals surface area contributed by atoms with Crippen molar-refractivity contribution in [1.82, 2.24) is 19.9 Å².